The fourth-order valence-electron chi connectivity index (χ4n) is 1.65. The number of hydrogen-bond acceptors (Lipinski definition) is 4. The highest BCUT2D eigenvalue weighted by molar-refractivity contribution is 5.43. The lowest BCUT2D eigenvalue weighted by molar-refractivity contribution is -0.386. The van der Waals surface area contributed by atoms with E-state index >= 15 is 0 Å². The van der Waals surface area contributed by atoms with E-state index in [0.717, 1.165) is 5.56 Å². The molecule has 0 atom stereocenters. The van der Waals surface area contributed by atoms with Crippen LogP contribution in [0, 0.1) is 10.1 Å². The number of rotatable bonds is 4. The van der Waals surface area contributed by atoms with Gasteiger partial charge in [-0.15, -0.1) is 0 Å². The molecule has 1 aromatic carbocycles. The zero-order chi connectivity index (χ0) is 13.8. The smallest absolute Gasteiger partial charge is 0.331 e. The van der Waals surface area contributed by atoms with Crippen molar-refractivity contribution in [2.75, 3.05) is 0 Å². The fraction of sp³-hybridized carbons (Fsp3) is 0.214. The highest BCUT2D eigenvalue weighted by Gasteiger charge is 2.16. The topological polar surface area (TPSA) is 65.3 Å². The molecular formula is C14H14N2O3. The van der Waals surface area contributed by atoms with Gasteiger partial charge in [-0.2, -0.15) is 0 Å². The number of nitro groups is 1. The molecule has 0 aliphatic rings. The van der Waals surface area contributed by atoms with Gasteiger partial charge in [0, 0.05) is 12.3 Å². The van der Waals surface area contributed by atoms with Gasteiger partial charge in [-0.05, 0) is 29.7 Å². The van der Waals surface area contributed by atoms with Crippen molar-refractivity contribution < 1.29 is 9.66 Å². The molecular weight excluding hydrogens is 244 g/mol. The van der Waals surface area contributed by atoms with Crippen LogP contribution in [0.4, 0.5) is 5.69 Å². The molecule has 2 rings (SSSR count). The molecule has 5 heteroatoms. The summed E-state index contributed by atoms with van der Waals surface area (Å²) in [6.45, 7) is 4.14. The van der Waals surface area contributed by atoms with Gasteiger partial charge in [-0.25, -0.2) is 4.98 Å². The molecule has 1 heterocycles. The molecule has 19 heavy (non-hydrogen) atoms. The molecule has 0 aliphatic heterocycles. The predicted molar refractivity (Wildman–Crippen MR) is 71.5 cm³/mol. The molecule has 0 bridgehead atoms. The third-order valence-corrected chi connectivity index (χ3v) is 2.69. The summed E-state index contributed by atoms with van der Waals surface area (Å²) in [5.41, 5.74) is 0.966. The molecule has 0 unspecified atom stereocenters. The minimum atomic E-state index is -0.505. The normalized spacial score (nSPS) is 10.5. The van der Waals surface area contributed by atoms with Crippen LogP contribution < -0.4 is 4.74 Å². The second kappa shape index (κ2) is 5.48. The monoisotopic (exact) mass is 258 g/mol. The van der Waals surface area contributed by atoms with Gasteiger partial charge in [-0.1, -0.05) is 26.0 Å². The van der Waals surface area contributed by atoms with Crippen LogP contribution in [-0.2, 0) is 0 Å². The first-order valence-corrected chi connectivity index (χ1v) is 5.95. The van der Waals surface area contributed by atoms with Gasteiger partial charge in [0.05, 0.1) is 4.92 Å². The summed E-state index contributed by atoms with van der Waals surface area (Å²) in [5.74, 6) is 0.920. The maximum atomic E-state index is 10.9. The predicted octanol–water partition coefficient (Wildman–Crippen LogP) is 3.91. The van der Waals surface area contributed by atoms with Crippen LogP contribution >= 0.6 is 0 Å². The largest absolute Gasteiger partial charge is 0.434 e. The van der Waals surface area contributed by atoms with E-state index in [9.17, 15) is 10.1 Å². The molecule has 1 aromatic heterocycles. The summed E-state index contributed by atoms with van der Waals surface area (Å²) < 4.78 is 5.51. The van der Waals surface area contributed by atoms with Crippen molar-refractivity contribution in [2.45, 2.75) is 19.8 Å². The maximum absolute atomic E-state index is 10.9. The van der Waals surface area contributed by atoms with E-state index in [0.29, 0.717) is 11.7 Å². The second-order valence-electron chi connectivity index (χ2n) is 4.41. The van der Waals surface area contributed by atoms with E-state index in [1.165, 1.54) is 18.3 Å². The highest BCUT2D eigenvalue weighted by Crippen LogP contribution is 2.29. The van der Waals surface area contributed by atoms with Gasteiger partial charge in [0.25, 0.3) is 5.88 Å². The number of nitrogens with zero attached hydrogens (tertiary/aromatic N) is 2. The number of benzene rings is 1. The van der Waals surface area contributed by atoms with Crippen LogP contribution in [0.3, 0.4) is 0 Å². The fourth-order valence-corrected chi connectivity index (χ4v) is 1.65. The zero-order valence-corrected chi connectivity index (χ0v) is 10.7. The summed E-state index contributed by atoms with van der Waals surface area (Å²) in [4.78, 5) is 14.3. The minimum absolute atomic E-state index is 0.00778. The SMILES string of the molecule is CC(C)c1cccc(Oc2ncccc2[N+](=O)[O-])c1. The Kier molecular flexibility index (Phi) is 3.75. The minimum Gasteiger partial charge on any atom is -0.434 e. The molecule has 0 amide bonds. The van der Waals surface area contributed by atoms with Crippen LogP contribution in [0.15, 0.2) is 42.6 Å². The van der Waals surface area contributed by atoms with Gasteiger partial charge < -0.3 is 4.74 Å². The van der Waals surface area contributed by atoms with Crippen molar-refractivity contribution in [3.8, 4) is 11.6 Å². The van der Waals surface area contributed by atoms with E-state index in [2.05, 4.69) is 18.8 Å². The summed E-state index contributed by atoms with van der Waals surface area (Å²) in [5, 5.41) is 10.9. The average Bonchev–Trinajstić information content (AvgIpc) is 2.39. The summed E-state index contributed by atoms with van der Waals surface area (Å²) >= 11 is 0. The van der Waals surface area contributed by atoms with Gasteiger partial charge in [-0.3, -0.25) is 10.1 Å². The van der Waals surface area contributed by atoms with Gasteiger partial charge in [0.2, 0.25) is 0 Å². The van der Waals surface area contributed by atoms with E-state index in [4.69, 9.17) is 4.74 Å². The van der Waals surface area contributed by atoms with E-state index < -0.39 is 4.92 Å². The Morgan fingerprint density at radius 1 is 1.26 bits per heavy atom. The van der Waals surface area contributed by atoms with Gasteiger partial charge >= 0.3 is 5.69 Å². The Morgan fingerprint density at radius 3 is 2.74 bits per heavy atom. The van der Waals surface area contributed by atoms with Crippen LogP contribution in [0.25, 0.3) is 0 Å². The number of ether oxygens (including phenoxy) is 1. The molecule has 0 saturated heterocycles. The number of pyridine rings is 1. The van der Waals surface area contributed by atoms with Crippen LogP contribution in [0.2, 0.25) is 0 Å². The van der Waals surface area contributed by atoms with E-state index in [1.54, 1.807) is 6.07 Å². The van der Waals surface area contributed by atoms with Crippen molar-refractivity contribution >= 4 is 5.69 Å². The molecule has 2 aromatic rings. The lowest BCUT2D eigenvalue weighted by atomic mass is 10.0. The summed E-state index contributed by atoms with van der Waals surface area (Å²) in [7, 11) is 0. The molecule has 5 nitrogen and oxygen atoms in total. The molecule has 0 aliphatic carbocycles. The van der Waals surface area contributed by atoms with Crippen molar-refractivity contribution in [3.05, 3.63) is 58.3 Å². The van der Waals surface area contributed by atoms with Gasteiger partial charge in [0.1, 0.15) is 5.75 Å². The van der Waals surface area contributed by atoms with Crippen molar-refractivity contribution in [2.24, 2.45) is 0 Å². The van der Waals surface area contributed by atoms with Crippen LogP contribution in [0.5, 0.6) is 11.6 Å². The van der Waals surface area contributed by atoms with Crippen LogP contribution in [-0.4, -0.2) is 9.91 Å². The van der Waals surface area contributed by atoms with Crippen molar-refractivity contribution in [1.29, 1.82) is 0 Å². The Morgan fingerprint density at radius 2 is 2.05 bits per heavy atom. The molecule has 0 radical (unpaired) electrons. The Bertz CT molecular complexity index is 597. The van der Waals surface area contributed by atoms with E-state index in [1.807, 2.05) is 18.2 Å². The number of aromatic nitrogens is 1. The first-order chi connectivity index (χ1) is 9.08. The van der Waals surface area contributed by atoms with Gasteiger partial charge in [0.15, 0.2) is 0 Å². The highest BCUT2D eigenvalue weighted by atomic mass is 16.6. The third kappa shape index (κ3) is 3.07. The number of hydrogen-bond donors (Lipinski definition) is 0. The summed E-state index contributed by atoms with van der Waals surface area (Å²) in [6, 6.07) is 10.3. The molecule has 0 saturated carbocycles. The van der Waals surface area contributed by atoms with Crippen LogP contribution in [0.1, 0.15) is 25.3 Å². The standard InChI is InChI=1S/C14H14N2O3/c1-10(2)11-5-3-6-12(9-11)19-14-13(16(17)18)7-4-8-15-14/h3-10H,1-2H3. The van der Waals surface area contributed by atoms with Crippen molar-refractivity contribution in [1.82, 2.24) is 4.98 Å². The molecule has 0 spiro atoms. The summed E-state index contributed by atoms with van der Waals surface area (Å²) in [6.07, 6.45) is 1.47. The maximum Gasteiger partial charge on any atom is 0.331 e. The molecule has 0 fully saturated rings. The zero-order valence-electron chi connectivity index (χ0n) is 10.7. The Labute approximate surface area is 111 Å². The quantitative estimate of drug-likeness (QED) is 0.616. The van der Waals surface area contributed by atoms with E-state index in [-0.39, 0.29) is 11.6 Å². The average molecular weight is 258 g/mol. The lowest BCUT2D eigenvalue weighted by Crippen LogP contribution is -1.96. The third-order valence-electron chi connectivity index (χ3n) is 2.69. The second-order valence-corrected chi connectivity index (χ2v) is 4.41. The Hall–Kier alpha value is -2.43. The molecule has 0 N–H and O–H groups in total. The first-order valence-electron chi connectivity index (χ1n) is 5.95. The van der Waals surface area contributed by atoms with Crippen molar-refractivity contribution in [3.63, 3.8) is 0 Å². The first kappa shape index (κ1) is 13.0. The molecule has 98 valence electrons. The Balaban J connectivity index is 2.31. The lowest BCUT2D eigenvalue weighted by Gasteiger charge is -2.09.